The van der Waals surface area contributed by atoms with Crippen LogP contribution in [0.15, 0.2) is 62.6 Å². The van der Waals surface area contributed by atoms with Gasteiger partial charge >= 0.3 is 5.63 Å². The van der Waals surface area contributed by atoms with Crippen LogP contribution in [0.2, 0.25) is 5.02 Å². The molecule has 1 heterocycles. The zero-order valence-electron chi connectivity index (χ0n) is 12.7. The topological polar surface area (TPSA) is 73.6 Å². The summed E-state index contributed by atoms with van der Waals surface area (Å²) in [4.78, 5) is 11.6. The number of sulfone groups is 1. The third-order valence-electron chi connectivity index (χ3n) is 3.54. The van der Waals surface area contributed by atoms with E-state index in [0.29, 0.717) is 16.7 Å². The third-order valence-corrected chi connectivity index (χ3v) is 5.75. The van der Waals surface area contributed by atoms with E-state index in [1.165, 1.54) is 7.11 Å². The molecule has 3 rings (SSSR count). The van der Waals surface area contributed by atoms with E-state index in [0.717, 1.165) is 0 Å². The largest absolute Gasteiger partial charge is 0.497 e. The van der Waals surface area contributed by atoms with Gasteiger partial charge in [0.1, 0.15) is 11.3 Å². The predicted molar refractivity (Wildman–Crippen MR) is 91.4 cm³/mol. The highest BCUT2D eigenvalue weighted by Crippen LogP contribution is 2.29. The molecule has 0 aliphatic heterocycles. The SMILES string of the molecule is COc1ccc(CS(=O)(=O)c2c(Cl)c3ccccc3oc2=O)cc1. The molecule has 0 amide bonds. The molecule has 0 spiro atoms. The van der Waals surface area contributed by atoms with Crippen LogP contribution in [0.3, 0.4) is 0 Å². The highest BCUT2D eigenvalue weighted by atomic mass is 35.5. The minimum Gasteiger partial charge on any atom is -0.497 e. The van der Waals surface area contributed by atoms with Crippen LogP contribution >= 0.6 is 11.6 Å². The maximum Gasteiger partial charge on any atom is 0.356 e. The maximum absolute atomic E-state index is 12.7. The zero-order valence-corrected chi connectivity index (χ0v) is 14.2. The summed E-state index contributed by atoms with van der Waals surface area (Å²) in [6, 6.07) is 13.1. The van der Waals surface area contributed by atoms with E-state index in [2.05, 4.69) is 0 Å². The molecule has 0 unspecified atom stereocenters. The van der Waals surface area contributed by atoms with Gasteiger partial charge in [0.15, 0.2) is 14.7 Å². The minimum atomic E-state index is -3.96. The Morgan fingerprint density at radius 3 is 2.42 bits per heavy atom. The van der Waals surface area contributed by atoms with Crippen molar-refractivity contribution in [2.24, 2.45) is 0 Å². The number of para-hydroxylation sites is 1. The Bertz CT molecular complexity index is 1050. The molecule has 0 saturated heterocycles. The monoisotopic (exact) mass is 364 g/mol. The fourth-order valence-corrected chi connectivity index (χ4v) is 4.41. The van der Waals surface area contributed by atoms with E-state index < -0.39 is 20.4 Å². The lowest BCUT2D eigenvalue weighted by atomic mass is 10.2. The number of ether oxygens (including phenoxy) is 1. The van der Waals surface area contributed by atoms with Gasteiger partial charge in [-0.15, -0.1) is 0 Å². The number of benzene rings is 2. The van der Waals surface area contributed by atoms with Crippen molar-refractivity contribution in [1.82, 2.24) is 0 Å². The molecule has 0 saturated carbocycles. The molecule has 2 aromatic carbocycles. The first kappa shape index (κ1) is 16.5. The molecule has 5 nitrogen and oxygen atoms in total. The summed E-state index contributed by atoms with van der Waals surface area (Å²) in [6.45, 7) is 0. The number of halogens is 1. The molecule has 3 aromatic rings. The van der Waals surface area contributed by atoms with Crippen molar-refractivity contribution < 1.29 is 17.6 Å². The zero-order chi connectivity index (χ0) is 17.3. The first-order valence-corrected chi connectivity index (χ1v) is 9.02. The highest BCUT2D eigenvalue weighted by molar-refractivity contribution is 7.90. The van der Waals surface area contributed by atoms with Crippen LogP contribution in [0.4, 0.5) is 0 Å². The number of fused-ring (bicyclic) bond motifs is 1. The standard InChI is InChI=1S/C17H13ClO5S/c1-22-12-8-6-11(7-9-12)10-24(20,21)16-15(18)13-4-2-3-5-14(13)23-17(16)19/h2-9H,10H2,1H3. The molecule has 0 radical (unpaired) electrons. The van der Waals surface area contributed by atoms with E-state index in [1.807, 2.05) is 0 Å². The normalized spacial score (nSPS) is 11.6. The lowest BCUT2D eigenvalue weighted by Crippen LogP contribution is -2.17. The van der Waals surface area contributed by atoms with Gasteiger partial charge in [0.05, 0.1) is 17.9 Å². The Kier molecular flexibility index (Phi) is 4.34. The molecule has 0 aliphatic rings. The molecule has 0 aliphatic carbocycles. The van der Waals surface area contributed by atoms with Gasteiger partial charge in [0.25, 0.3) is 0 Å². The molecule has 0 fully saturated rings. The lowest BCUT2D eigenvalue weighted by Gasteiger charge is -2.08. The molecular formula is C17H13ClO5S. The Morgan fingerprint density at radius 2 is 1.75 bits per heavy atom. The summed E-state index contributed by atoms with van der Waals surface area (Å²) in [6.07, 6.45) is 0. The Morgan fingerprint density at radius 1 is 1.08 bits per heavy atom. The fraction of sp³-hybridized carbons (Fsp3) is 0.118. The van der Waals surface area contributed by atoms with Crippen molar-refractivity contribution in [2.75, 3.05) is 7.11 Å². The van der Waals surface area contributed by atoms with Crippen molar-refractivity contribution in [3.8, 4) is 5.75 Å². The molecule has 0 atom stereocenters. The Labute approximate surface area is 143 Å². The summed E-state index contributed by atoms with van der Waals surface area (Å²) in [5.74, 6) is 0.249. The first-order chi connectivity index (χ1) is 11.4. The first-order valence-electron chi connectivity index (χ1n) is 6.99. The third kappa shape index (κ3) is 3.02. The van der Waals surface area contributed by atoms with Crippen LogP contribution in [0.1, 0.15) is 5.56 Å². The van der Waals surface area contributed by atoms with Crippen LogP contribution in [-0.2, 0) is 15.6 Å². The smallest absolute Gasteiger partial charge is 0.356 e. The van der Waals surface area contributed by atoms with E-state index in [9.17, 15) is 13.2 Å². The van der Waals surface area contributed by atoms with Crippen LogP contribution in [-0.4, -0.2) is 15.5 Å². The molecule has 124 valence electrons. The van der Waals surface area contributed by atoms with Crippen molar-refractivity contribution in [1.29, 1.82) is 0 Å². The second-order valence-electron chi connectivity index (χ2n) is 5.14. The average Bonchev–Trinajstić information content (AvgIpc) is 2.55. The molecular weight excluding hydrogens is 352 g/mol. The van der Waals surface area contributed by atoms with Gasteiger partial charge in [-0.3, -0.25) is 0 Å². The van der Waals surface area contributed by atoms with Gasteiger partial charge in [-0.2, -0.15) is 0 Å². The van der Waals surface area contributed by atoms with Gasteiger partial charge in [0.2, 0.25) is 0 Å². The summed E-state index contributed by atoms with van der Waals surface area (Å²) >= 11 is 6.19. The number of hydrogen-bond acceptors (Lipinski definition) is 5. The average molecular weight is 365 g/mol. The minimum absolute atomic E-state index is 0.115. The number of rotatable bonds is 4. The van der Waals surface area contributed by atoms with Crippen LogP contribution < -0.4 is 10.4 Å². The molecule has 1 aromatic heterocycles. The van der Waals surface area contributed by atoms with Gasteiger partial charge in [-0.1, -0.05) is 35.9 Å². The summed E-state index contributed by atoms with van der Waals surface area (Å²) in [7, 11) is -2.45. The van der Waals surface area contributed by atoms with Crippen LogP contribution in [0.5, 0.6) is 5.75 Å². The Hall–Kier alpha value is -2.31. The van der Waals surface area contributed by atoms with E-state index in [4.69, 9.17) is 20.8 Å². The van der Waals surface area contributed by atoms with Gasteiger partial charge in [0, 0.05) is 5.39 Å². The van der Waals surface area contributed by atoms with Crippen LogP contribution in [0.25, 0.3) is 11.0 Å². The molecule has 7 heteroatoms. The summed E-state index contributed by atoms with van der Waals surface area (Å²) in [5.41, 5.74) is -0.206. The fourth-order valence-electron chi connectivity index (χ4n) is 2.37. The van der Waals surface area contributed by atoms with E-state index >= 15 is 0 Å². The number of hydrogen-bond donors (Lipinski definition) is 0. The molecule has 24 heavy (non-hydrogen) atoms. The van der Waals surface area contributed by atoms with Gasteiger partial charge in [-0.25, -0.2) is 13.2 Å². The van der Waals surface area contributed by atoms with Gasteiger partial charge in [-0.05, 0) is 29.8 Å². The van der Waals surface area contributed by atoms with Gasteiger partial charge < -0.3 is 9.15 Å². The van der Waals surface area contributed by atoms with Crippen molar-refractivity contribution in [2.45, 2.75) is 10.6 Å². The lowest BCUT2D eigenvalue weighted by molar-refractivity contribution is 0.414. The van der Waals surface area contributed by atoms with E-state index in [-0.39, 0.29) is 16.4 Å². The van der Waals surface area contributed by atoms with Crippen molar-refractivity contribution >= 4 is 32.4 Å². The number of methoxy groups -OCH3 is 1. The van der Waals surface area contributed by atoms with Crippen molar-refractivity contribution in [3.05, 3.63) is 69.5 Å². The highest BCUT2D eigenvalue weighted by Gasteiger charge is 2.26. The van der Waals surface area contributed by atoms with Crippen molar-refractivity contribution in [3.63, 3.8) is 0 Å². The quantitative estimate of drug-likeness (QED) is 0.663. The second-order valence-corrected chi connectivity index (χ2v) is 7.44. The summed E-state index contributed by atoms with van der Waals surface area (Å²) < 4.78 is 35.5. The maximum atomic E-state index is 12.7. The van der Waals surface area contributed by atoms with Crippen LogP contribution in [0, 0.1) is 0 Å². The second kappa shape index (κ2) is 6.30. The molecule has 0 N–H and O–H groups in total. The summed E-state index contributed by atoms with van der Waals surface area (Å²) in [5, 5.41) is 0.266. The van der Waals surface area contributed by atoms with E-state index in [1.54, 1.807) is 48.5 Å². The predicted octanol–water partition coefficient (Wildman–Crippen LogP) is 3.43. The molecule has 0 bridgehead atoms. The Balaban J connectivity index is 2.09.